The van der Waals surface area contributed by atoms with Gasteiger partial charge >= 0.3 is 0 Å². The summed E-state index contributed by atoms with van der Waals surface area (Å²) >= 11 is 3.41. The number of hydrogen-bond acceptors (Lipinski definition) is 2. The third-order valence-electron chi connectivity index (χ3n) is 2.80. The molecule has 3 nitrogen and oxygen atoms in total. The molecule has 0 aliphatic carbocycles. The average Bonchev–Trinajstić information content (AvgIpc) is 2.38. The van der Waals surface area contributed by atoms with E-state index >= 15 is 0 Å². The minimum Gasteiger partial charge on any atom is -0.489 e. The van der Waals surface area contributed by atoms with Gasteiger partial charge in [0.1, 0.15) is 12.4 Å². The van der Waals surface area contributed by atoms with Gasteiger partial charge in [-0.1, -0.05) is 34.1 Å². The number of benzene rings is 2. The van der Waals surface area contributed by atoms with Crippen molar-refractivity contribution in [3.05, 3.63) is 63.6 Å². The molecule has 0 heterocycles. The first-order chi connectivity index (χ1) is 9.08. The Morgan fingerprint density at radius 3 is 2.68 bits per heavy atom. The summed E-state index contributed by atoms with van der Waals surface area (Å²) in [7, 11) is 0. The molecular weight excluding hydrogens is 306 g/mol. The maximum Gasteiger partial charge on any atom is 0.249 e. The number of hydrogen-bond donors (Lipinski definition) is 1. The lowest BCUT2D eigenvalue weighted by Crippen LogP contribution is -2.14. The molecule has 0 spiro atoms. The van der Waals surface area contributed by atoms with E-state index in [9.17, 15) is 4.79 Å². The Morgan fingerprint density at radius 2 is 2.00 bits per heavy atom. The lowest BCUT2D eigenvalue weighted by atomic mass is 10.1. The van der Waals surface area contributed by atoms with Gasteiger partial charge in [0.05, 0.1) is 0 Å². The van der Waals surface area contributed by atoms with Crippen LogP contribution in [0, 0.1) is 6.92 Å². The second-order valence-electron chi connectivity index (χ2n) is 4.22. The SMILES string of the molecule is Cc1cc(Br)ccc1OCc1ccccc1C(N)=O. The van der Waals surface area contributed by atoms with Crippen LogP contribution in [0.5, 0.6) is 5.75 Å². The van der Waals surface area contributed by atoms with E-state index in [0.717, 1.165) is 21.3 Å². The lowest BCUT2D eigenvalue weighted by molar-refractivity contribution is 0.0998. The fourth-order valence-corrected chi connectivity index (χ4v) is 2.29. The van der Waals surface area contributed by atoms with E-state index in [0.29, 0.717) is 12.2 Å². The Morgan fingerprint density at radius 1 is 1.26 bits per heavy atom. The van der Waals surface area contributed by atoms with E-state index in [1.54, 1.807) is 12.1 Å². The molecule has 0 atom stereocenters. The fourth-order valence-electron chi connectivity index (χ4n) is 1.82. The largest absolute Gasteiger partial charge is 0.489 e. The Bertz CT molecular complexity index is 611. The van der Waals surface area contributed by atoms with Crippen molar-refractivity contribution in [1.82, 2.24) is 0 Å². The van der Waals surface area contributed by atoms with Gasteiger partial charge in [-0.25, -0.2) is 0 Å². The Kier molecular flexibility index (Phi) is 4.22. The van der Waals surface area contributed by atoms with Crippen LogP contribution >= 0.6 is 15.9 Å². The highest BCUT2D eigenvalue weighted by Gasteiger charge is 2.08. The molecule has 0 aliphatic rings. The smallest absolute Gasteiger partial charge is 0.249 e. The highest BCUT2D eigenvalue weighted by Crippen LogP contribution is 2.23. The molecule has 2 N–H and O–H groups in total. The molecule has 4 heteroatoms. The van der Waals surface area contributed by atoms with Crippen LogP contribution in [-0.4, -0.2) is 5.91 Å². The Labute approximate surface area is 120 Å². The molecule has 0 saturated carbocycles. The molecule has 0 aromatic heterocycles. The maximum atomic E-state index is 11.3. The van der Waals surface area contributed by atoms with Crippen LogP contribution < -0.4 is 10.5 Å². The molecule has 2 aromatic rings. The second-order valence-corrected chi connectivity index (χ2v) is 5.14. The van der Waals surface area contributed by atoms with Gasteiger partial charge in [-0.15, -0.1) is 0 Å². The van der Waals surface area contributed by atoms with E-state index in [1.807, 2.05) is 37.3 Å². The summed E-state index contributed by atoms with van der Waals surface area (Å²) in [6, 6.07) is 13.0. The summed E-state index contributed by atoms with van der Waals surface area (Å²) in [5, 5.41) is 0. The number of amides is 1. The van der Waals surface area contributed by atoms with Crippen LogP contribution in [0.25, 0.3) is 0 Å². The van der Waals surface area contributed by atoms with Crippen LogP contribution in [0.1, 0.15) is 21.5 Å². The van der Waals surface area contributed by atoms with Gasteiger partial charge in [-0.05, 0) is 36.8 Å². The zero-order chi connectivity index (χ0) is 13.8. The van der Waals surface area contributed by atoms with Gasteiger partial charge in [-0.3, -0.25) is 4.79 Å². The van der Waals surface area contributed by atoms with Gasteiger partial charge in [0.25, 0.3) is 0 Å². The first-order valence-electron chi connectivity index (χ1n) is 5.84. The van der Waals surface area contributed by atoms with Crippen LogP contribution in [0.2, 0.25) is 0 Å². The van der Waals surface area contributed by atoms with Gasteiger partial charge in [0, 0.05) is 15.6 Å². The number of primary amides is 1. The highest BCUT2D eigenvalue weighted by molar-refractivity contribution is 9.10. The van der Waals surface area contributed by atoms with Crippen molar-refractivity contribution in [3.8, 4) is 5.75 Å². The van der Waals surface area contributed by atoms with Crippen LogP contribution in [0.15, 0.2) is 46.9 Å². The van der Waals surface area contributed by atoms with Crippen molar-refractivity contribution in [2.75, 3.05) is 0 Å². The molecule has 0 radical (unpaired) electrons. The minimum absolute atomic E-state index is 0.321. The third kappa shape index (κ3) is 3.35. The first kappa shape index (κ1) is 13.6. The molecule has 2 aromatic carbocycles. The summed E-state index contributed by atoms with van der Waals surface area (Å²) in [6.45, 7) is 2.29. The van der Waals surface area contributed by atoms with Gasteiger partial charge < -0.3 is 10.5 Å². The molecule has 1 amide bonds. The molecule has 0 bridgehead atoms. The predicted octanol–water partition coefficient (Wildman–Crippen LogP) is 3.44. The normalized spacial score (nSPS) is 10.2. The minimum atomic E-state index is -0.438. The van der Waals surface area contributed by atoms with Crippen molar-refractivity contribution < 1.29 is 9.53 Å². The Balaban J connectivity index is 2.17. The maximum absolute atomic E-state index is 11.3. The average molecular weight is 320 g/mol. The molecular formula is C15H14BrNO2. The molecule has 0 aliphatic heterocycles. The van der Waals surface area contributed by atoms with Crippen molar-refractivity contribution in [3.63, 3.8) is 0 Å². The van der Waals surface area contributed by atoms with E-state index in [2.05, 4.69) is 15.9 Å². The summed E-state index contributed by atoms with van der Waals surface area (Å²) in [4.78, 5) is 11.3. The number of halogens is 1. The van der Waals surface area contributed by atoms with Gasteiger partial charge in [0.2, 0.25) is 5.91 Å². The molecule has 0 unspecified atom stereocenters. The van der Waals surface area contributed by atoms with Gasteiger partial charge in [0.15, 0.2) is 0 Å². The number of carbonyl (C=O) groups excluding carboxylic acids is 1. The van der Waals surface area contributed by atoms with E-state index < -0.39 is 5.91 Å². The molecule has 0 saturated heterocycles. The van der Waals surface area contributed by atoms with Crippen molar-refractivity contribution in [2.24, 2.45) is 5.73 Å². The summed E-state index contributed by atoms with van der Waals surface area (Å²) in [5.74, 6) is 0.356. The summed E-state index contributed by atoms with van der Waals surface area (Å²) in [5.41, 5.74) is 7.65. The monoisotopic (exact) mass is 319 g/mol. The summed E-state index contributed by atoms with van der Waals surface area (Å²) in [6.07, 6.45) is 0. The molecule has 0 fully saturated rings. The van der Waals surface area contributed by atoms with Crippen molar-refractivity contribution in [1.29, 1.82) is 0 Å². The van der Waals surface area contributed by atoms with Crippen LogP contribution in [0.4, 0.5) is 0 Å². The van der Waals surface area contributed by atoms with Crippen LogP contribution in [0.3, 0.4) is 0 Å². The summed E-state index contributed by atoms with van der Waals surface area (Å²) < 4.78 is 6.75. The van der Waals surface area contributed by atoms with Gasteiger partial charge in [-0.2, -0.15) is 0 Å². The zero-order valence-corrected chi connectivity index (χ0v) is 12.1. The van der Waals surface area contributed by atoms with E-state index in [-0.39, 0.29) is 0 Å². The molecule has 19 heavy (non-hydrogen) atoms. The van der Waals surface area contributed by atoms with E-state index in [4.69, 9.17) is 10.5 Å². The molecule has 98 valence electrons. The second kappa shape index (κ2) is 5.89. The number of rotatable bonds is 4. The fraction of sp³-hybridized carbons (Fsp3) is 0.133. The number of ether oxygens (including phenoxy) is 1. The molecule has 2 rings (SSSR count). The van der Waals surface area contributed by atoms with E-state index in [1.165, 1.54) is 0 Å². The lowest BCUT2D eigenvalue weighted by Gasteiger charge is -2.11. The quantitative estimate of drug-likeness (QED) is 0.938. The zero-order valence-electron chi connectivity index (χ0n) is 10.5. The van der Waals surface area contributed by atoms with Crippen molar-refractivity contribution >= 4 is 21.8 Å². The number of carbonyl (C=O) groups is 1. The highest BCUT2D eigenvalue weighted by atomic mass is 79.9. The topological polar surface area (TPSA) is 52.3 Å². The standard InChI is InChI=1S/C15H14BrNO2/c1-10-8-12(16)6-7-14(10)19-9-11-4-2-3-5-13(11)15(17)18/h2-8H,9H2,1H3,(H2,17,18). The number of nitrogens with two attached hydrogens (primary N) is 1. The number of aryl methyl sites for hydroxylation is 1. The van der Waals surface area contributed by atoms with Crippen LogP contribution in [-0.2, 0) is 6.61 Å². The predicted molar refractivity (Wildman–Crippen MR) is 78.2 cm³/mol. The first-order valence-corrected chi connectivity index (χ1v) is 6.64. The van der Waals surface area contributed by atoms with Crippen molar-refractivity contribution in [2.45, 2.75) is 13.5 Å². The Hall–Kier alpha value is -1.81. The third-order valence-corrected chi connectivity index (χ3v) is 3.30.